The second-order valence-electron chi connectivity index (χ2n) is 9.57. The molecule has 182 valence electrons. The number of hydrogen-bond acceptors (Lipinski definition) is 7. The number of aliphatic imine (C=N–C) groups is 1. The quantitative estimate of drug-likeness (QED) is 0.404. The van der Waals surface area contributed by atoms with Gasteiger partial charge in [-0.15, -0.1) is 0 Å². The third kappa shape index (κ3) is 5.92. The molecule has 3 aromatic rings. The van der Waals surface area contributed by atoms with Crippen LogP contribution in [0.3, 0.4) is 0 Å². The van der Waals surface area contributed by atoms with Crippen LogP contribution in [0.4, 0.5) is 11.6 Å². The Morgan fingerprint density at radius 2 is 1.89 bits per heavy atom. The molecule has 1 fully saturated rings. The molecule has 2 aromatic heterocycles. The van der Waals surface area contributed by atoms with Crippen LogP contribution in [0.1, 0.15) is 62.5 Å². The molecule has 0 bridgehead atoms. The summed E-state index contributed by atoms with van der Waals surface area (Å²) in [6.45, 7) is 2.26. The van der Waals surface area contributed by atoms with Crippen LogP contribution in [-0.2, 0) is 6.61 Å². The highest BCUT2D eigenvalue weighted by Gasteiger charge is 2.21. The number of aliphatic hydroxyl groups is 2. The van der Waals surface area contributed by atoms with Gasteiger partial charge in [-0.1, -0.05) is 36.9 Å². The Morgan fingerprint density at radius 3 is 2.71 bits per heavy atom. The minimum Gasteiger partial charge on any atom is -0.393 e. The Morgan fingerprint density at radius 1 is 1.03 bits per heavy atom. The van der Waals surface area contributed by atoms with Gasteiger partial charge in [0.05, 0.1) is 17.8 Å². The van der Waals surface area contributed by atoms with Gasteiger partial charge in [-0.3, -0.25) is 4.98 Å². The van der Waals surface area contributed by atoms with E-state index in [4.69, 9.17) is 9.98 Å². The predicted molar refractivity (Wildman–Crippen MR) is 142 cm³/mol. The first-order chi connectivity index (χ1) is 17.1. The Balaban J connectivity index is 1.37. The average molecular weight is 489 g/mol. The Kier molecular flexibility index (Phi) is 7.46. The zero-order chi connectivity index (χ0) is 24.2. The number of rotatable bonds is 5. The average Bonchev–Trinajstić information content (AvgIpc) is 3.03. The van der Waals surface area contributed by atoms with Crippen molar-refractivity contribution >= 4 is 28.4 Å². The summed E-state index contributed by atoms with van der Waals surface area (Å²) in [5.74, 6) is 2.02. The molecule has 1 aromatic carbocycles. The van der Waals surface area contributed by atoms with Crippen LogP contribution < -0.4 is 5.32 Å². The van der Waals surface area contributed by atoms with E-state index in [1.807, 2.05) is 30.5 Å². The summed E-state index contributed by atoms with van der Waals surface area (Å²) in [7, 11) is 0. The van der Waals surface area contributed by atoms with E-state index >= 15 is 0 Å². The lowest BCUT2D eigenvalue weighted by atomic mass is 9.93. The molecule has 7 heteroatoms. The van der Waals surface area contributed by atoms with Crippen LogP contribution in [0.25, 0.3) is 11.1 Å². The van der Waals surface area contributed by atoms with Crippen molar-refractivity contribution < 1.29 is 10.2 Å². The van der Waals surface area contributed by atoms with Gasteiger partial charge in [0.2, 0.25) is 0 Å². The fourth-order valence-electron chi connectivity index (χ4n) is 4.82. The van der Waals surface area contributed by atoms with Crippen LogP contribution >= 0.6 is 11.8 Å². The zero-order valence-electron chi connectivity index (χ0n) is 20.0. The highest BCUT2D eigenvalue weighted by atomic mass is 32.2. The van der Waals surface area contributed by atoms with Gasteiger partial charge < -0.3 is 15.5 Å². The number of aliphatic hydroxyl groups excluding tert-OH is 2. The molecular formula is C28H32N4O2S. The standard InChI is InChI=1S/C28H32N4O2S/c1-18-5-12-28(32-27-4-2-3-26(31-27)30-22-7-9-23(34)10-8-22)35-25-14-20(6-11-24(18)25)21-13-19(17-33)15-29-16-21/h2-4,6,11,13-16,18,22-23,33-34H,5,7-10,12,17H2,1H3,(H,30,31). The third-order valence-electron chi connectivity index (χ3n) is 6.90. The number of aromatic nitrogens is 2. The van der Waals surface area contributed by atoms with Gasteiger partial charge in [0.1, 0.15) is 5.82 Å². The van der Waals surface area contributed by atoms with E-state index in [2.05, 4.69) is 35.4 Å². The van der Waals surface area contributed by atoms with Gasteiger partial charge in [-0.25, -0.2) is 9.98 Å². The first kappa shape index (κ1) is 24.0. The fourth-order valence-corrected chi connectivity index (χ4v) is 6.00. The summed E-state index contributed by atoms with van der Waals surface area (Å²) < 4.78 is 0. The Labute approximate surface area is 211 Å². The molecule has 3 N–H and O–H groups in total. The summed E-state index contributed by atoms with van der Waals surface area (Å²) in [4.78, 5) is 15.2. The molecule has 5 rings (SSSR count). The summed E-state index contributed by atoms with van der Waals surface area (Å²) >= 11 is 1.73. The van der Waals surface area contributed by atoms with Crippen LogP contribution in [0.5, 0.6) is 0 Å². The van der Waals surface area contributed by atoms with E-state index in [9.17, 15) is 10.2 Å². The summed E-state index contributed by atoms with van der Waals surface area (Å²) in [5.41, 5.74) is 4.25. The number of nitrogens with zero attached hydrogens (tertiary/aromatic N) is 3. The molecule has 1 unspecified atom stereocenters. The minimum absolute atomic E-state index is 0.0159. The fraction of sp³-hybridized carbons (Fsp3) is 0.393. The van der Waals surface area contributed by atoms with Gasteiger partial charge >= 0.3 is 0 Å². The molecule has 0 saturated heterocycles. The monoisotopic (exact) mass is 488 g/mol. The third-order valence-corrected chi connectivity index (χ3v) is 8.00. The van der Waals surface area contributed by atoms with Crippen LogP contribution in [-0.4, -0.2) is 37.4 Å². The molecule has 0 spiro atoms. The summed E-state index contributed by atoms with van der Waals surface area (Å²) in [6.07, 6.45) is 8.95. The highest BCUT2D eigenvalue weighted by molar-refractivity contribution is 8.14. The van der Waals surface area contributed by atoms with E-state index in [0.29, 0.717) is 12.0 Å². The van der Waals surface area contributed by atoms with Crippen molar-refractivity contribution in [2.24, 2.45) is 4.99 Å². The zero-order valence-corrected chi connectivity index (χ0v) is 20.8. The van der Waals surface area contributed by atoms with Crippen molar-refractivity contribution in [3.8, 4) is 11.1 Å². The van der Waals surface area contributed by atoms with Crippen molar-refractivity contribution in [1.29, 1.82) is 0 Å². The van der Waals surface area contributed by atoms with Gasteiger partial charge in [0.15, 0.2) is 5.82 Å². The van der Waals surface area contributed by atoms with Crippen LogP contribution in [0.15, 0.2) is 64.7 Å². The molecule has 0 radical (unpaired) electrons. The lowest BCUT2D eigenvalue weighted by Gasteiger charge is -2.26. The molecule has 6 nitrogen and oxygen atoms in total. The lowest BCUT2D eigenvalue weighted by molar-refractivity contribution is 0.126. The van der Waals surface area contributed by atoms with E-state index in [-0.39, 0.29) is 12.7 Å². The molecule has 2 aliphatic rings. The van der Waals surface area contributed by atoms with E-state index in [0.717, 1.165) is 71.9 Å². The smallest absolute Gasteiger partial charge is 0.155 e. The number of benzene rings is 1. The molecule has 1 aliphatic heterocycles. The molecule has 1 saturated carbocycles. The highest BCUT2D eigenvalue weighted by Crippen LogP contribution is 2.40. The number of pyridine rings is 2. The maximum absolute atomic E-state index is 9.76. The van der Waals surface area contributed by atoms with Gasteiger partial charge in [-0.05, 0) is 85.4 Å². The lowest BCUT2D eigenvalue weighted by Crippen LogP contribution is -2.28. The van der Waals surface area contributed by atoms with Crippen LogP contribution in [0, 0.1) is 0 Å². The molecule has 1 aliphatic carbocycles. The van der Waals surface area contributed by atoms with E-state index in [1.54, 1.807) is 18.0 Å². The molecule has 0 amide bonds. The maximum Gasteiger partial charge on any atom is 0.155 e. The maximum atomic E-state index is 9.76. The number of thioether (sulfide) groups is 1. The molecule has 3 heterocycles. The molecule has 1 atom stereocenters. The summed E-state index contributed by atoms with van der Waals surface area (Å²) in [6, 6.07) is 14.9. The second kappa shape index (κ2) is 10.9. The topological polar surface area (TPSA) is 90.6 Å². The van der Waals surface area contributed by atoms with Gasteiger partial charge in [-0.2, -0.15) is 0 Å². The van der Waals surface area contributed by atoms with Crippen molar-refractivity contribution in [2.45, 2.75) is 75.0 Å². The second-order valence-corrected chi connectivity index (χ2v) is 10.7. The molecule has 35 heavy (non-hydrogen) atoms. The Hall–Kier alpha value is -2.74. The van der Waals surface area contributed by atoms with Gasteiger partial charge in [0, 0.05) is 28.9 Å². The number of anilines is 1. The summed E-state index contributed by atoms with van der Waals surface area (Å²) in [5, 5.41) is 23.8. The molecular weight excluding hydrogens is 456 g/mol. The van der Waals surface area contributed by atoms with Crippen LogP contribution in [0.2, 0.25) is 0 Å². The number of fused-ring (bicyclic) bond motifs is 1. The van der Waals surface area contributed by atoms with Crippen molar-refractivity contribution in [1.82, 2.24) is 9.97 Å². The number of nitrogens with one attached hydrogen (secondary N) is 1. The first-order valence-electron chi connectivity index (χ1n) is 12.4. The van der Waals surface area contributed by atoms with Crippen molar-refractivity contribution in [3.63, 3.8) is 0 Å². The minimum atomic E-state index is -0.160. The van der Waals surface area contributed by atoms with Crippen molar-refractivity contribution in [3.05, 3.63) is 66.0 Å². The Bertz CT molecular complexity index is 1210. The van der Waals surface area contributed by atoms with E-state index in [1.165, 1.54) is 10.5 Å². The predicted octanol–water partition coefficient (Wildman–Crippen LogP) is 6.07. The number of hydrogen-bond donors (Lipinski definition) is 3. The first-order valence-corrected chi connectivity index (χ1v) is 13.2. The van der Waals surface area contributed by atoms with E-state index < -0.39 is 0 Å². The van der Waals surface area contributed by atoms with Gasteiger partial charge in [0.25, 0.3) is 0 Å². The SMILES string of the molecule is CC1CCC(=Nc2cccc(NC3CCC(O)CC3)n2)Sc2cc(-c3cncc(CO)c3)ccc21. The largest absolute Gasteiger partial charge is 0.393 e. The van der Waals surface area contributed by atoms with Crippen molar-refractivity contribution in [2.75, 3.05) is 5.32 Å². The normalized spacial score (nSPS) is 23.5.